The van der Waals surface area contributed by atoms with Crippen LogP contribution in [0.2, 0.25) is 0 Å². The Morgan fingerprint density at radius 2 is 1.91 bits per heavy atom. The SMILES string of the molecule is CNc1ccc(NC)c(O)c1. The summed E-state index contributed by atoms with van der Waals surface area (Å²) in [6, 6.07) is 5.39. The monoisotopic (exact) mass is 152 g/mol. The zero-order chi connectivity index (χ0) is 8.27. The molecule has 0 aliphatic carbocycles. The van der Waals surface area contributed by atoms with Crippen molar-refractivity contribution < 1.29 is 5.11 Å². The van der Waals surface area contributed by atoms with Crippen molar-refractivity contribution in [2.45, 2.75) is 0 Å². The van der Waals surface area contributed by atoms with E-state index in [9.17, 15) is 5.11 Å². The van der Waals surface area contributed by atoms with E-state index in [1.165, 1.54) is 0 Å². The third-order valence-corrected chi connectivity index (χ3v) is 1.56. The molecular weight excluding hydrogens is 140 g/mol. The van der Waals surface area contributed by atoms with Gasteiger partial charge in [0.25, 0.3) is 0 Å². The van der Waals surface area contributed by atoms with Crippen LogP contribution in [0.5, 0.6) is 5.75 Å². The lowest BCUT2D eigenvalue weighted by atomic mass is 10.2. The van der Waals surface area contributed by atoms with Gasteiger partial charge in [-0.05, 0) is 12.1 Å². The number of rotatable bonds is 2. The summed E-state index contributed by atoms with van der Waals surface area (Å²) in [7, 11) is 3.59. The fourth-order valence-corrected chi connectivity index (χ4v) is 0.899. The highest BCUT2D eigenvalue weighted by Gasteiger charge is 1.97. The molecule has 11 heavy (non-hydrogen) atoms. The van der Waals surface area contributed by atoms with Gasteiger partial charge in [0.2, 0.25) is 0 Å². The molecule has 0 saturated carbocycles. The molecule has 0 spiro atoms. The summed E-state index contributed by atoms with van der Waals surface area (Å²) in [5, 5.41) is 15.1. The minimum Gasteiger partial charge on any atom is -0.506 e. The molecule has 1 rings (SSSR count). The Labute approximate surface area is 66.1 Å². The molecule has 0 unspecified atom stereocenters. The average Bonchev–Trinajstić information content (AvgIpc) is 2.04. The van der Waals surface area contributed by atoms with Gasteiger partial charge in [-0.2, -0.15) is 0 Å². The van der Waals surface area contributed by atoms with Crippen LogP contribution in [0.4, 0.5) is 11.4 Å². The first-order valence-electron chi connectivity index (χ1n) is 3.46. The predicted octanol–water partition coefficient (Wildman–Crippen LogP) is 1.48. The topological polar surface area (TPSA) is 44.3 Å². The average molecular weight is 152 g/mol. The number of nitrogens with one attached hydrogen (secondary N) is 2. The van der Waals surface area contributed by atoms with E-state index in [4.69, 9.17) is 0 Å². The van der Waals surface area contributed by atoms with Crippen molar-refractivity contribution in [1.82, 2.24) is 0 Å². The summed E-state index contributed by atoms with van der Waals surface area (Å²) in [6.07, 6.45) is 0. The molecule has 0 fully saturated rings. The van der Waals surface area contributed by atoms with E-state index in [1.807, 2.05) is 19.2 Å². The smallest absolute Gasteiger partial charge is 0.140 e. The quantitative estimate of drug-likeness (QED) is 0.562. The number of benzene rings is 1. The molecule has 1 aromatic rings. The second-order valence-corrected chi connectivity index (χ2v) is 2.23. The molecule has 0 amide bonds. The largest absolute Gasteiger partial charge is 0.506 e. The summed E-state index contributed by atoms with van der Waals surface area (Å²) >= 11 is 0. The van der Waals surface area contributed by atoms with E-state index in [1.54, 1.807) is 13.1 Å². The molecule has 0 aliphatic rings. The van der Waals surface area contributed by atoms with Crippen molar-refractivity contribution in [2.75, 3.05) is 24.7 Å². The maximum Gasteiger partial charge on any atom is 0.140 e. The maximum atomic E-state index is 9.32. The summed E-state index contributed by atoms with van der Waals surface area (Å²) < 4.78 is 0. The van der Waals surface area contributed by atoms with Gasteiger partial charge in [-0.25, -0.2) is 0 Å². The van der Waals surface area contributed by atoms with Crippen molar-refractivity contribution in [2.24, 2.45) is 0 Å². The normalized spacial score (nSPS) is 9.27. The van der Waals surface area contributed by atoms with Crippen LogP contribution in [-0.2, 0) is 0 Å². The Bertz CT molecular complexity index is 248. The Morgan fingerprint density at radius 3 is 2.36 bits per heavy atom. The van der Waals surface area contributed by atoms with Crippen molar-refractivity contribution >= 4 is 11.4 Å². The highest BCUT2D eigenvalue weighted by molar-refractivity contribution is 5.62. The Hall–Kier alpha value is -1.38. The van der Waals surface area contributed by atoms with Crippen LogP contribution in [0.3, 0.4) is 0 Å². The summed E-state index contributed by atoms with van der Waals surface area (Å²) in [4.78, 5) is 0. The predicted molar refractivity (Wildman–Crippen MR) is 47.2 cm³/mol. The van der Waals surface area contributed by atoms with E-state index < -0.39 is 0 Å². The van der Waals surface area contributed by atoms with Crippen molar-refractivity contribution in [3.63, 3.8) is 0 Å². The minimum absolute atomic E-state index is 0.263. The van der Waals surface area contributed by atoms with E-state index in [2.05, 4.69) is 10.6 Å². The van der Waals surface area contributed by atoms with Crippen LogP contribution in [0.25, 0.3) is 0 Å². The zero-order valence-electron chi connectivity index (χ0n) is 6.68. The summed E-state index contributed by atoms with van der Waals surface area (Å²) in [5.74, 6) is 0.263. The summed E-state index contributed by atoms with van der Waals surface area (Å²) in [5.41, 5.74) is 1.64. The Balaban J connectivity index is 2.99. The van der Waals surface area contributed by atoms with Crippen LogP contribution in [-0.4, -0.2) is 19.2 Å². The van der Waals surface area contributed by atoms with Crippen LogP contribution in [0.1, 0.15) is 0 Å². The first-order valence-corrected chi connectivity index (χ1v) is 3.46. The molecule has 0 saturated heterocycles. The lowest BCUT2D eigenvalue weighted by Crippen LogP contribution is -1.91. The molecular formula is C8H12N2O. The van der Waals surface area contributed by atoms with Gasteiger partial charge in [-0.1, -0.05) is 0 Å². The highest BCUT2D eigenvalue weighted by atomic mass is 16.3. The van der Waals surface area contributed by atoms with Gasteiger partial charge in [0.15, 0.2) is 0 Å². The van der Waals surface area contributed by atoms with E-state index in [0.29, 0.717) is 0 Å². The van der Waals surface area contributed by atoms with Gasteiger partial charge in [-0.3, -0.25) is 0 Å². The third kappa shape index (κ3) is 1.55. The molecule has 1 aromatic carbocycles. The number of phenols is 1. The van der Waals surface area contributed by atoms with Gasteiger partial charge in [0.1, 0.15) is 5.75 Å². The van der Waals surface area contributed by atoms with Crippen LogP contribution >= 0.6 is 0 Å². The number of hydrogen-bond acceptors (Lipinski definition) is 3. The molecule has 3 nitrogen and oxygen atoms in total. The van der Waals surface area contributed by atoms with Crippen LogP contribution in [0.15, 0.2) is 18.2 Å². The van der Waals surface area contributed by atoms with E-state index in [-0.39, 0.29) is 5.75 Å². The van der Waals surface area contributed by atoms with Gasteiger partial charge in [0, 0.05) is 25.8 Å². The van der Waals surface area contributed by atoms with Gasteiger partial charge < -0.3 is 15.7 Å². The first-order chi connectivity index (χ1) is 5.27. The maximum absolute atomic E-state index is 9.32. The van der Waals surface area contributed by atoms with Crippen molar-refractivity contribution in [3.05, 3.63) is 18.2 Å². The van der Waals surface area contributed by atoms with Gasteiger partial charge in [-0.15, -0.1) is 0 Å². The molecule has 60 valence electrons. The van der Waals surface area contributed by atoms with E-state index in [0.717, 1.165) is 11.4 Å². The lowest BCUT2D eigenvalue weighted by Gasteiger charge is -2.05. The Morgan fingerprint density at radius 1 is 1.18 bits per heavy atom. The fourth-order valence-electron chi connectivity index (χ4n) is 0.899. The van der Waals surface area contributed by atoms with Crippen molar-refractivity contribution in [3.8, 4) is 5.75 Å². The number of aromatic hydroxyl groups is 1. The van der Waals surface area contributed by atoms with Gasteiger partial charge >= 0.3 is 0 Å². The first kappa shape index (κ1) is 7.72. The number of phenolic OH excluding ortho intramolecular Hbond substituents is 1. The molecule has 3 N–H and O–H groups in total. The molecule has 0 bridgehead atoms. The Kier molecular flexibility index (Phi) is 2.21. The number of hydrogen-bond donors (Lipinski definition) is 3. The lowest BCUT2D eigenvalue weighted by molar-refractivity contribution is 0.478. The van der Waals surface area contributed by atoms with Gasteiger partial charge in [0.05, 0.1) is 5.69 Å². The second-order valence-electron chi connectivity index (χ2n) is 2.23. The third-order valence-electron chi connectivity index (χ3n) is 1.56. The second kappa shape index (κ2) is 3.14. The molecule has 0 heterocycles. The highest BCUT2D eigenvalue weighted by Crippen LogP contribution is 2.25. The molecule has 3 heteroatoms. The fraction of sp³-hybridized carbons (Fsp3) is 0.250. The zero-order valence-corrected chi connectivity index (χ0v) is 6.68. The molecule has 0 aromatic heterocycles. The molecule has 0 radical (unpaired) electrons. The summed E-state index contributed by atoms with van der Waals surface area (Å²) in [6.45, 7) is 0. The standard InChI is InChI=1S/C8H12N2O/c1-9-6-3-4-7(10-2)8(11)5-6/h3-5,9-11H,1-2H3. The molecule has 0 aliphatic heterocycles. The number of anilines is 2. The van der Waals surface area contributed by atoms with Crippen LogP contribution in [0, 0.1) is 0 Å². The van der Waals surface area contributed by atoms with Crippen molar-refractivity contribution in [1.29, 1.82) is 0 Å². The van der Waals surface area contributed by atoms with Crippen LogP contribution < -0.4 is 10.6 Å². The van der Waals surface area contributed by atoms with E-state index >= 15 is 0 Å². The molecule has 0 atom stereocenters. The minimum atomic E-state index is 0.263.